The van der Waals surface area contributed by atoms with Crippen molar-refractivity contribution in [3.63, 3.8) is 0 Å². The maximum atomic E-state index is 10.8. The van der Waals surface area contributed by atoms with Gasteiger partial charge in [-0.05, 0) is 30.5 Å². The number of nitrogens with one attached hydrogen (secondary N) is 1. The Morgan fingerprint density at radius 1 is 1.19 bits per heavy atom. The number of halogens is 1. The molecule has 21 heavy (non-hydrogen) atoms. The third-order valence-electron chi connectivity index (χ3n) is 3.19. The predicted octanol–water partition coefficient (Wildman–Crippen LogP) is 4.08. The molecule has 2 rings (SSSR count). The highest BCUT2D eigenvalue weighted by atomic mass is 79.9. The molecule has 110 valence electrons. The molecule has 1 N–H and O–H groups in total. The van der Waals surface area contributed by atoms with Crippen LogP contribution in [0.4, 0.5) is 5.69 Å². The lowest BCUT2D eigenvalue weighted by atomic mass is 10.1. The van der Waals surface area contributed by atoms with E-state index in [1.807, 2.05) is 24.3 Å². The first-order chi connectivity index (χ1) is 10.0. The van der Waals surface area contributed by atoms with Crippen molar-refractivity contribution in [2.45, 2.75) is 25.9 Å². The van der Waals surface area contributed by atoms with Crippen LogP contribution < -0.4 is 5.32 Å². The zero-order valence-corrected chi connectivity index (χ0v) is 13.3. The van der Waals surface area contributed by atoms with Gasteiger partial charge in [-0.2, -0.15) is 0 Å². The second kappa shape index (κ2) is 7.33. The quantitative estimate of drug-likeness (QED) is 0.632. The Morgan fingerprint density at radius 3 is 2.57 bits per heavy atom. The second-order valence-electron chi connectivity index (χ2n) is 5.05. The van der Waals surface area contributed by atoms with E-state index in [0.29, 0.717) is 12.6 Å². The zero-order chi connectivity index (χ0) is 15.2. The van der Waals surface area contributed by atoms with Crippen molar-refractivity contribution in [3.05, 3.63) is 74.2 Å². The highest BCUT2D eigenvalue weighted by Gasteiger charge is 2.09. The van der Waals surface area contributed by atoms with Gasteiger partial charge in [0.2, 0.25) is 0 Å². The van der Waals surface area contributed by atoms with Crippen molar-refractivity contribution in [2.75, 3.05) is 0 Å². The van der Waals surface area contributed by atoms with Crippen LogP contribution in [0.25, 0.3) is 0 Å². The molecule has 0 saturated carbocycles. The summed E-state index contributed by atoms with van der Waals surface area (Å²) in [6.45, 7) is 2.72. The van der Waals surface area contributed by atoms with Crippen LogP contribution in [0.15, 0.2) is 53.0 Å². The molecule has 0 fully saturated rings. The number of non-ortho nitro benzene ring substituents is 1. The Kier molecular flexibility index (Phi) is 5.47. The van der Waals surface area contributed by atoms with Crippen LogP contribution in [-0.2, 0) is 13.0 Å². The van der Waals surface area contributed by atoms with Gasteiger partial charge in [0.15, 0.2) is 0 Å². The standard InChI is InChI=1S/C16H17BrN2O2/c1-12(7-13-5-3-2-4-6-13)18-11-14-8-15(17)10-16(9-14)19(20)21/h2-6,8-10,12,18H,7,11H2,1H3. The first kappa shape index (κ1) is 15.7. The third kappa shape index (κ3) is 4.95. The number of rotatable bonds is 6. The Labute approximate surface area is 132 Å². The molecule has 0 heterocycles. The Bertz CT molecular complexity index is 617. The number of nitrogens with zero attached hydrogens (tertiary/aromatic N) is 1. The molecule has 2 aromatic carbocycles. The van der Waals surface area contributed by atoms with E-state index in [2.05, 4.69) is 40.3 Å². The fraction of sp³-hybridized carbons (Fsp3) is 0.250. The molecule has 1 atom stereocenters. The van der Waals surface area contributed by atoms with Gasteiger partial charge in [0.05, 0.1) is 4.92 Å². The summed E-state index contributed by atoms with van der Waals surface area (Å²) < 4.78 is 0.726. The predicted molar refractivity (Wildman–Crippen MR) is 87.2 cm³/mol. The van der Waals surface area contributed by atoms with Crippen LogP contribution in [0, 0.1) is 10.1 Å². The number of nitro groups is 1. The molecular formula is C16H17BrN2O2. The van der Waals surface area contributed by atoms with Crippen molar-refractivity contribution in [1.82, 2.24) is 5.32 Å². The number of hydrogen-bond donors (Lipinski definition) is 1. The fourth-order valence-corrected chi connectivity index (χ4v) is 2.70. The summed E-state index contributed by atoms with van der Waals surface area (Å²) in [4.78, 5) is 10.5. The lowest BCUT2D eigenvalue weighted by molar-refractivity contribution is -0.385. The lowest BCUT2D eigenvalue weighted by Crippen LogP contribution is -2.27. The highest BCUT2D eigenvalue weighted by molar-refractivity contribution is 9.10. The monoisotopic (exact) mass is 348 g/mol. The van der Waals surface area contributed by atoms with Gasteiger partial charge in [-0.3, -0.25) is 10.1 Å². The second-order valence-corrected chi connectivity index (χ2v) is 5.96. The molecule has 0 aliphatic heterocycles. The molecule has 2 aromatic rings. The fourth-order valence-electron chi connectivity index (χ4n) is 2.17. The molecule has 5 heteroatoms. The van der Waals surface area contributed by atoms with Crippen LogP contribution in [-0.4, -0.2) is 11.0 Å². The topological polar surface area (TPSA) is 55.2 Å². The van der Waals surface area contributed by atoms with Gasteiger partial charge in [0, 0.05) is 29.2 Å². The molecule has 0 amide bonds. The minimum absolute atomic E-state index is 0.108. The van der Waals surface area contributed by atoms with Crippen LogP contribution in [0.2, 0.25) is 0 Å². The average molecular weight is 349 g/mol. The van der Waals surface area contributed by atoms with E-state index >= 15 is 0 Å². The summed E-state index contributed by atoms with van der Waals surface area (Å²) in [6, 6.07) is 15.6. The van der Waals surface area contributed by atoms with Gasteiger partial charge in [-0.25, -0.2) is 0 Å². The molecule has 0 aliphatic carbocycles. The summed E-state index contributed by atoms with van der Waals surface area (Å²) in [6.07, 6.45) is 0.928. The molecule has 0 aliphatic rings. The van der Waals surface area contributed by atoms with Gasteiger partial charge in [0.1, 0.15) is 0 Å². The van der Waals surface area contributed by atoms with Crippen LogP contribution >= 0.6 is 15.9 Å². The minimum Gasteiger partial charge on any atom is -0.310 e. The third-order valence-corrected chi connectivity index (χ3v) is 3.65. The molecule has 4 nitrogen and oxygen atoms in total. The summed E-state index contributed by atoms with van der Waals surface area (Å²) in [5, 5.41) is 14.2. The van der Waals surface area contributed by atoms with Crippen LogP contribution in [0.1, 0.15) is 18.1 Å². The SMILES string of the molecule is CC(Cc1ccccc1)NCc1cc(Br)cc([N+](=O)[O-])c1. The molecule has 1 unspecified atom stereocenters. The van der Waals surface area contributed by atoms with Crippen molar-refractivity contribution in [1.29, 1.82) is 0 Å². The molecule has 0 bridgehead atoms. The van der Waals surface area contributed by atoms with E-state index in [9.17, 15) is 10.1 Å². The van der Waals surface area contributed by atoms with E-state index < -0.39 is 0 Å². The number of hydrogen-bond acceptors (Lipinski definition) is 3. The Hall–Kier alpha value is -1.72. The van der Waals surface area contributed by atoms with E-state index in [1.54, 1.807) is 6.07 Å². The first-order valence-corrected chi connectivity index (χ1v) is 7.55. The average Bonchev–Trinajstić information content (AvgIpc) is 2.45. The van der Waals surface area contributed by atoms with Crippen molar-refractivity contribution < 1.29 is 4.92 Å². The zero-order valence-electron chi connectivity index (χ0n) is 11.8. The lowest BCUT2D eigenvalue weighted by Gasteiger charge is -2.14. The van der Waals surface area contributed by atoms with E-state index in [4.69, 9.17) is 0 Å². The molecular weight excluding hydrogens is 332 g/mol. The van der Waals surface area contributed by atoms with E-state index in [-0.39, 0.29) is 10.6 Å². The first-order valence-electron chi connectivity index (χ1n) is 6.76. The normalized spacial score (nSPS) is 12.1. The van der Waals surface area contributed by atoms with Gasteiger partial charge in [-0.15, -0.1) is 0 Å². The summed E-state index contributed by atoms with van der Waals surface area (Å²) in [5.41, 5.74) is 2.28. The number of benzene rings is 2. The van der Waals surface area contributed by atoms with E-state index in [0.717, 1.165) is 16.5 Å². The van der Waals surface area contributed by atoms with Crippen molar-refractivity contribution >= 4 is 21.6 Å². The van der Waals surface area contributed by atoms with Gasteiger partial charge in [-0.1, -0.05) is 46.3 Å². The largest absolute Gasteiger partial charge is 0.310 e. The summed E-state index contributed by atoms with van der Waals surface area (Å²) >= 11 is 3.31. The van der Waals surface area contributed by atoms with Gasteiger partial charge >= 0.3 is 0 Å². The number of nitro benzene ring substituents is 1. The maximum absolute atomic E-state index is 10.8. The molecule has 0 saturated heterocycles. The summed E-state index contributed by atoms with van der Waals surface area (Å²) in [5.74, 6) is 0. The van der Waals surface area contributed by atoms with Gasteiger partial charge < -0.3 is 5.32 Å². The highest BCUT2D eigenvalue weighted by Crippen LogP contribution is 2.21. The molecule has 0 spiro atoms. The van der Waals surface area contributed by atoms with Crippen molar-refractivity contribution in [2.24, 2.45) is 0 Å². The minimum atomic E-state index is -0.373. The smallest absolute Gasteiger partial charge is 0.270 e. The van der Waals surface area contributed by atoms with Crippen LogP contribution in [0.5, 0.6) is 0 Å². The Balaban J connectivity index is 1.95. The van der Waals surface area contributed by atoms with Crippen LogP contribution in [0.3, 0.4) is 0 Å². The van der Waals surface area contributed by atoms with Crippen molar-refractivity contribution in [3.8, 4) is 0 Å². The maximum Gasteiger partial charge on any atom is 0.270 e. The van der Waals surface area contributed by atoms with Gasteiger partial charge in [0.25, 0.3) is 5.69 Å². The Morgan fingerprint density at radius 2 is 1.90 bits per heavy atom. The summed E-state index contributed by atoms with van der Waals surface area (Å²) in [7, 11) is 0. The molecule has 0 radical (unpaired) electrons. The molecule has 0 aromatic heterocycles. The van der Waals surface area contributed by atoms with E-state index in [1.165, 1.54) is 11.6 Å².